The van der Waals surface area contributed by atoms with Gasteiger partial charge in [0.15, 0.2) is 5.78 Å². The summed E-state index contributed by atoms with van der Waals surface area (Å²) >= 11 is 0. The fraction of sp³-hybridized carbons (Fsp3) is 0.240. The predicted molar refractivity (Wildman–Crippen MR) is 132 cm³/mol. The van der Waals surface area contributed by atoms with Crippen LogP contribution in [0.2, 0.25) is 0 Å². The van der Waals surface area contributed by atoms with Gasteiger partial charge in [0.25, 0.3) is 0 Å². The highest BCUT2D eigenvalue weighted by Gasteiger charge is 2.22. The van der Waals surface area contributed by atoms with Crippen LogP contribution in [0.5, 0.6) is 0 Å². The van der Waals surface area contributed by atoms with Crippen LogP contribution in [-0.2, 0) is 4.74 Å². The Morgan fingerprint density at radius 3 is 2.41 bits per heavy atom. The summed E-state index contributed by atoms with van der Waals surface area (Å²) in [5, 5.41) is 2.62. The Morgan fingerprint density at radius 2 is 1.74 bits per heavy atom. The number of hydrogen-bond donors (Lipinski definition) is 2. The minimum absolute atomic E-state index is 0. The van der Waals surface area contributed by atoms with E-state index >= 15 is 0 Å². The summed E-state index contributed by atoms with van der Waals surface area (Å²) in [7, 11) is 0. The van der Waals surface area contributed by atoms with Crippen LogP contribution in [0.1, 0.15) is 28.8 Å². The van der Waals surface area contributed by atoms with Crippen molar-refractivity contribution >= 4 is 41.3 Å². The summed E-state index contributed by atoms with van der Waals surface area (Å²) in [5.74, 6) is -0.559. The predicted octanol–water partition coefficient (Wildman–Crippen LogP) is 4.92. The van der Waals surface area contributed by atoms with E-state index in [2.05, 4.69) is 15.2 Å². The molecule has 1 aromatic heterocycles. The number of nitrogen functional groups attached to an aromatic ring is 1. The minimum atomic E-state index is -0.669. The molecule has 1 saturated heterocycles. The zero-order chi connectivity index (χ0) is 23.2. The van der Waals surface area contributed by atoms with E-state index in [1.807, 2.05) is 12.1 Å². The van der Waals surface area contributed by atoms with Gasteiger partial charge < -0.3 is 15.4 Å². The largest absolute Gasteiger partial charge is 0.449 e. The molecule has 34 heavy (non-hydrogen) atoms. The molecular weight excluding hydrogens is 459 g/mol. The maximum atomic E-state index is 13.2. The van der Waals surface area contributed by atoms with Crippen LogP contribution in [-0.4, -0.2) is 36.6 Å². The fourth-order valence-electron chi connectivity index (χ4n) is 3.90. The number of hydrogen-bond acceptors (Lipinski definition) is 6. The number of anilines is 3. The van der Waals surface area contributed by atoms with Gasteiger partial charge >= 0.3 is 6.09 Å². The third-order valence-electron chi connectivity index (χ3n) is 5.77. The van der Waals surface area contributed by atoms with Crippen LogP contribution in [0.4, 0.5) is 26.2 Å². The molecule has 1 amide bonds. The molecule has 3 N–H and O–H groups in total. The molecule has 0 radical (unpaired) electrons. The van der Waals surface area contributed by atoms with Crippen molar-refractivity contribution < 1.29 is 18.7 Å². The van der Waals surface area contributed by atoms with Gasteiger partial charge in [-0.1, -0.05) is 6.07 Å². The summed E-state index contributed by atoms with van der Waals surface area (Å²) in [6, 6.07) is 13.9. The number of nitrogens with two attached hydrogens (primary N) is 1. The van der Waals surface area contributed by atoms with Crippen molar-refractivity contribution in [1.29, 1.82) is 0 Å². The number of amides is 1. The van der Waals surface area contributed by atoms with Gasteiger partial charge in [0, 0.05) is 42.3 Å². The molecule has 0 atom stereocenters. The van der Waals surface area contributed by atoms with Gasteiger partial charge in [-0.3, -0.25) is 15.1 Å². The van der Waals surface area contributed by atoms with Crippen LogP contribution in [0.15, 0.2) is 67.0 Å². The van der Waals surface area contributed by atoms with E-state index in [1.54, 1.807) is 30.6 Å². The Kier molecular flexibility index (Phi) is 8.43. The molecule has 0 unspecified atom stereocenters. The number of ether oxygens (including phenoxy) is 1. The number of carbonyl (C=O) groups excluding carboxylic acids is 2. The van der Waals surface area contributed by atoms with Crippen molar-refractivity contribution in [3.8, 4) is 0 Å². The quantitative estimate of drug-likeness (QED) is 0.380. The first-order chi connectivity index (χ1) is 16.0. The van der Waals surface area contributed by atoms with Crippen LogP contribution in [0.25, 0.3) is 0 Å². The second-order valence-corrected chi connectivity index (χ2v) is 7.97. The van der Waals surface area contributed by atoms with Gasteiger partial charge in [0.2, 0.25) is 0 Å². The van der Waals surface area contributed by atoms with E-state index in [1.165, 1.54) is 24.3 Å². The SMILES string of the molecule is Cl.Nc1cccc(C(=O)c2ccc(F)cc2)c1NC(=O)OCC1CCN(c2ccncc2)CC1. The fourth-order valence-corrected chi connectivity index (χ4v) is 3.90. The highest BCUT2D eigenvalue weighted by Crippen LogP contribution is 2.27. The number of nitrogens with zero attached hydrogens (tertiary/aromatic N) is 2. The van der Waals surface area contributed by atoms with Crippen molar-refractivity contribution in [3.63, 3.8) is 0 Å². The lowest BCUT2D eigenvalue weighted by Gasteiger charge is -2.33. The standard InChI is InChI=1S/C25H25FN4O3.ClH/c26-19-6-4-18(5-7-19)24(31)21-2-1-3-22(27)23(21)29-25(32)33-16-17-10-14-30(15-11-17)20-8-12-28-13-9-20;/h1-9,12-13,17H,10-11,14-16,27H2,(H,29,32);1H. The molecule has 3 aromatic rings. The number of piperidine rings is 1. The van der Waals surface area contributed by atoms with Crippen molar-refractivity contribution in [2.45, 2.75) is 12.8 Å². The van der Waals surface area contributed by atoms with Crippen LogP contribution in [0, 0.1) is 11.7 Å². The van der Waals surface area contributed by atoms with Crippen molar-refractivity contribution in [2.75, 3.05) is 35.6 Å². The van der Waals surface area contributed by atoms with Crippen LogP contribution < -0.4 is 16.0 Å². The third-order valence-corrected chi connectivity index (χ3v) is 5.77. The summed E-state index contributed by atoms with van der Waals surface area (Å²) < 4.78 is 18.6. The number of benzene rings is 2. The van der Waals surface area contributed by atoms with Crippen LogP contribution >= 0.6 is 12.4 Å². The molecule has 2 heterocycles. The normalized spacial score (nSPS) is 13.6. The molecule has 1 aliphatic rings. The molecular formula is C25H26ClFN4O3. The van der Waals surface area contributed by atoms with E-state index < -0.39 is 11.9 Å². The number of pyridine rings is 1. The highest BCUT2D eigenvalue weighted by atomic mass is 35.5. The molecule has 1 fully saturated rings. The zero-order valence-electron chi connectivity index (χ0n) is 18.4. The maximum Gasteiger partial charge on any atom is 0.411 e. The summed E-state index contributed by atoms with van der Waals surface area (Å²) in [4.78, 5) is 31.7. The summed E-state index contributed by atoms with van der Waals surface area (Å²) in [6.07, 6.45) is 4.69. The molecule has 0 bridgehead atoms. The average Bonchev–Trinajstić information content (AvgIpc) is 2.85. The second-order valence-electron chi connectivity index (χ2n) is 7.97. The zero-order valence-corrected chi connectivity index (χ0v) is 19.3. The first-order valence-corrected chi connectivity index (χ1v) is 10.8. The highest BCUT2D eigenvalue weighted by molar-refractivity contribution is 6.15. The molecule has 1 aliphatic heterocycles. The van der Waals surface area contributed by atoms with E-state index in [9.17, 15) is 14.0 Å². The van der Waals surface area contributed by atoms with Crippen LogP contribution in [0.3, 0.4) is 0 Å². The van der Waals surface area contributed by atoms with Gasteiger partial charge in [0.1, 0.15) is 5.82 Å². The van der Waals surface area contributed by atoms with E-state index in [0.717, 1.165) is 31.6 Å². The van der Waals surface area contributed by atoms with E-state index in [0.29, 0.717) is 5.56 Å². The van der Waals surface area contributed by atoms with Gasteiger partial charge in [-0.15, -0.1) is 12.4 Å². The second kappa shape index (κ2) is 11.5. The van der Waals surface area contributed by atoms with E-state index in [-0.39, 0.29) is 47.7 Å². The van der Waals surface area contributed by atoms with Crippen molar-refractivity contribution in [1.82, 2.24) is 4.98 Å². The molecule has 0 spiro atoms. The summed E-state index contributed by atoms with van der Waals surface area (Å²) in [5.41, 5.74) is 8.09. The topological polar surface area (TPSA) is 97.5 Å². The van der Waals surface area contributed by atoms with E-state index in [4.69, 9.17) is 10.5 Å². The Hall–Kier alpha value is -3.65. The molecule has 0 saturated carbocycles. The van der Waals surface area contributed by atoms with Crippen molar-refractivity contribution in [2.24, 2.45) is 5.92 Å². The monoisotopic (exact) mass is 484 g/mol. The van der Waals surface area contributed by atoms with Gasteiger partial charge in [-0.2, -0.15) is 0 Å². The number of nitrogens with one attached hydrogen (secondary N) is 1. The molecule has 4 rings (SSSR count). The molecule has 178 valence electrons. The lowest BCUT2D eigenvalue weighted by atomic mass is 9.97. The van der Waals surface area contributed by atoms with Gasteiger partial charge in [-0.25, -0.2) is 9.18 Å². The Morgan fingerprint density at radius 1 is 1.06 bits per heavy atom. The lowest BCUT2D eigenvalue weighted by molar-refractivity contribution is 0.103. The Labute approximate surface area is 203 Å². The Bertz CT molecular complexity index is 1120. The number of halogens is 2. The smallest absolute Gasteiger partial charge is 0.411 e. The lowest BCUT2D eigenvalue weighted by Crippen LogP contribution is -2.35. The van der Waals surface area contributed by atoms with Gasteiger partial charge in [0.05, 0.1) is 18.0 Å². The summed E-state index contributed by atoms with van der Waals surface area (Å²) in [6.45, 7) is 2.03. The number of rotatable bonds is 6. The molecule has 0 aliphatic carbocycles. The van der Waals surface area contributed by atoms with Crippen molar-refractivity contribution in [3.05, 3.63) is 83.9 Å². The number of aromatic nitrogens is 1. The number of ketones is 1. The first-order valence-electron chi connectivity index (χ1n) is 10.8. The molecule has 2 aromatic carbocycles. The minimum Gasteiger partial charge on any atom is -0.449 e. The number of para-hydroxylation sites is 1. The number of carbonyl (C=O) groups is 2. The molecule has 7 nitrogen and oxygen atoms in total. The maximum absolute atomic E-state index is 13.2. The Balaban J connectivity index is 0.00000324. The third kappa shape index (κ3) is 6.02. The molecule has 9 heteroatoms. The first kappa shape index (κ1) is 25.0. The van der Waals surface area contributed by atoms with Gasteiger partial charge in [-0.05, 0) is 67.3 Å². The average molecular weight is 485 g/mol.